The van der Waals surface area contributed by atoms with E-state index in [9.17, 15) is 4.79 Å². The molecule has 0 aromatic heterocycles. The summed E-state index contributed by atoms with van der Waals surface area (Å²) >= 11 is 0. The number of carbonyl (C=O) groups is 1. The van der Waals surface area contributed by atoms with E-state index in [1.807, 2.05) is 65.8 Å². The van der Waals surface area contributed by atoms with Crippen molar-refractivity contribution >= 4 is 17.2 Å². The number of hydrogen-bond donors (Lipinski definition) is 0. The molecule has 0 aliphatic heterocycles. The number of rotatable bonds is 5. The molecular formula is C22H29NO. The molecule has 24 heavy (non-hydrogen) atoms. The SMILES string of the molecule is C=C(C)C(=N/C(=C\C)c1cccc(C)c1)/C(=C\C)C(=O)C(C)(C)C. The average molecular weight is 323 g/mol. The number of ketones is 1. The van der Waals surface area contributed by atoms with Gasteiger partial charge in [-0.2, -0.15) is 0 Å². The fourth-order valence-corrected chi connectivity index (χ4v) is 2.39. The van der Waals surface area contributed by atoms with Gasteiger partial charge in [0, 0.05) is 16.6 Å². The Morgan fingerprint density at radius 3 is 2.21 bits per heavy atom. The van der Waals surface area contributed by atoms with Gasteiger partial charge in [0.1, 0.15) is 0 Å². The molecule has 1 aromatic rings. The summed E-state index contributed by atoms with van der Waals surface area (Å²) in [6, 6.07) is 8.19. The smallest absolute Gasteiger partial charge is 0.170 e. The average Bonchev–Trinajstić information content (AvgIpc) is 2.49. The van der Waals surface area contributed by atoms with E-state index in [1.165, 1.54) is 5.56 Å². The van der Waals surface area contributed by atoms with Crippen LogP contribution in [0.15, 0.2) is 59.1 Å². The van der Waals surface area contributed by atoms with Crippen molar-refractivity contribution in [1.82, 2.24) is 0 Å². The molecule has 0 aliphatic rings. The molecule has 0 saturated heterocycles. The number of hydrogen-bond acceptors (Lipinski definition) is 2. The third-order valence-corrected chi connectivity index (χ3v) is 3.69. The lowest BCUT2D eigenvalue weighted by Crippen LogP contribution is -2.26. The van der Waals surface area contributed by atoms with E-state index in [0.29, 0.717) is 11.3 Å². The second kappa shape index (κ2) is 8.05. The first-order valence-electron chi connectivity index (χ1n) is 8.31. The summed E-state index contributed by atoms with van der Waals surface area (Å²) in [4.78, 5) is 17.6. The molecule has 128 valence electrons. The van der Waals surface area contributed by atoms with Gasteiger partial charge in [-0.05, 0) is 39.3 Å². The number of allylic oxidation sites excluding steroid dienone is 4. The standard InChI is InChI=1S/C22H29NO/c1-9-18(21(24)22(6,7)8)20(15(3)4)23-19(10-2)17-13-11-12-16(5)14-17/h9-14H,3H2,1-2,4-8H3/b18-9+,19-10-,23-20-. The first kappa shape index (κ1) is 19.8. The van der Waals surface area contributed by atoms with Crippen molar-refractivity contribution in [1.29, 1.82) is 0 Å². The van der Waals surface area contributed by atoms with Gasteiger partial charge < -0.3 is 0 Å². The molecule has 0 unspecified atom stereocenters. The van der Waals surface area contributed by atoms with E-state index >= 15 is 0 Å². The van der Waals surface area contributed by atoms with Gasteiger partial charge in [-0.25, -0.2) is 4.99 Å². The van der Waals surface area contributed by atoms with Gasteiger partial charge in [-0.3, -0.25) is 4.79 Å². The molecule has 0 spiro atoms. The summed E-state index contributed by atoms with van der Waals surface area (Å²) in [6.07, 6.45) is 3.80. The van der Waals surface area contributed by atoms with Gasteiger partial charge >= 0.3 is 0 Å². The highest BCUT2D eigenvalue weighted by Gasteiger charge is 2.27. The first-order chi connectivity index (χ1) is 11.1. The molecule has 0 atom stereocenters. The molecule has 0 heterocycles. The Balaban J connectivity index is 3.45. The van der Waals surface area contributed by atoms with Crippen molar-refractivity contribution in [3.63, 3.8) is 0 Å². The predicted molar refractivity (Wildman–Crippen MR) is 105 cm³/mol. The molecule has 0 saturated carbocycles. The Hall–Kier alpha value is -2.22. The summed E-state index contributed by atoms with van der Waals surface area (Å²) in [6.45, 7) is 17.6. The minimum atomic E-state index is -0.461. The molecule has 0 fully saturated rings. The van der Waals surface area contributed by atoms with Crippen molar-refractivity contribution < 1.29 is 4.79 Å². The molecular weight excluding hydrogens is 294 g/mol. The second-order valence-corrected chi connectivity index (χ2v) is 7.07. The van der Waals surface area contributed by atoms with Crippen LogP contribution in [0.5, 0.6) is 0 Å². The summed E-state index contributed by atoms with van der Waals surface area (Å²) < 4.78 is 0. The number of aryl methyl sites for hydroxylation is 1. The van der Waals surface area contributed by atoms with E-state index in [2.05, 4.69) is 25.6 Å². The Morgan fingerprint density at radius 2 is 1.79 bits per heavy atom. The molecule has 2 heteroatoms. The third-order valence-electron chi connectivity index (χ3n) is 3.69. The van der Waals surface area contributed by atoms with Gasteiger partial charge in [-0.15, -0.1) is 0 Å². The predicted octanol–water partition coefficient (Wildman–Crippen LogP) is 5.93. The number of Topliss-reactive ketones (excluding diaryl/α,β-unsaturated/α-hetero) is 1. The van der Waals surface area contributed by atoms with Crippen LogP contribution in [0.25, 0.3) is 5.70 Å². The third kappa shape index (κ3) is 4.89. The highest BCUT2D eigenvalue weighted by molar-refractivity contribution is 6.30. The monoisotopic (exact) mass is 323 g/mol. The zero-order valence-electron chi connectivity index (χ0n) is 16.0. The second-order valence-electron chi connectivity index (χ2n) is 7.07. The maximum Gasteiger partial charge on any atom is 0.170 e. The largest absolute Gasteiger partial charge is 0.294 e. The molecule has 1 aromatic carbocycles. The van der Waals surface area contributed by atoms with Crippen molar-refractivity contribution in [2.75, 3.05) is 0 Å². The van der Waals surface area contributed by atoms with Crippen molar-refractivity contribution in [2.24, 2.45) is 10.4 Å². The fourth-order valence-electron chi connectivity index (χ4n) is 2.39. The summed E-state index contributed by atoms with van der Waals surface area (Å²) in [5.74, 6) is 0.0754. The van der Waals surface area contributed by atoms with E-state index in [1.54, 1.807) is 0 Å². The quantitative estimate of drug-likeness (QED) is 0.487. The maximum atomic E-state index is 12.8. The van der Waals surface area contributed by atoms with Crippen LogP contribution < -0.4 is 0 Å². The summed E-state index contributed by atoms with van der Waals surface area (Å²) in [5.41, 5.74) is 4.67. The van der Waals surface area contributed by atoms with Crippen LogP contribution in [0.3, 0.4) is 0 Å². The number of carbonyl (C=O) groups excluding carboxylic acids is 1. The number of aliphatic imine (C=N–C) groups is 1. The lowest BCUT2D eigenvalue weighted by molar-refractivity contribution is -0.121. The van der Waals surface area contributed by atoms with Gasteiger partial charge in [0.05, 0.1) is 11.4 Å². The van der Waals surface area contributed by atoms with Gasteiger partial charge in [0.15, 0.2) is 5.78 Å². The van der Waals surface area contributed by atoms with E-state index in [4.69, 9.17) is 4.99 Å². The van der Waals surface area contributed by atoms with Crippen molar-refractivity contribution in [3.05, 3.63) is 65.3 Å². The molecule has 1 rings (SSSR count). The highest BCUT2D eigenvalue weighted by Crippen LogP contribution is 2.25. The maximum absolute atomic E-state index is 12.8. The highest BCUT2D eigenvalue weighted by atomic mass is 16.1. The zero-order chi connectivity index (χ0) is 18.5. The van der Waals surface area contributed by atoms with Gasteiger partial charge in [0.25, 0.3) is 0 Å². The Morgan fingerprint density at radius 1 is 1.17 bits per heavy atom. The fraction of sp³-hybridized carbons (Fsp3) is 0.364. The zero-order valence-corrected chi connectivity index (χ0v) is 16.0. The molecule has 0 aliphatic carbocycles. The Kier molecular flexibility index (Phi) is 6.65. The van der Waals surface area contributed by atoms with Crippen LogP contribution in [0, 0.1) is 12.3 Å². The van der Waals surface area contributed by atoms with Gasteiger partial charge in [-0.1, -0.05) is 63.3 Å². The molecule has 2 nitrogen and oxygen atoms in total. The van der Waals surface area contributed by atoms with Crippen molar-refractivity contribution in [2.45, 2.75) is 48.5 Å². The van der Waals surface area contributed by atoms with Crippen LogP contribution in [0.1, 0.15) is 52.7 Å². The molecule has 0 N–H and O–H groups in total. The minimum absolute atomic E-state index is 0.0754. The minimum Gasteiger partial charge on any atom is -0.294 e. The van der Waals surface area contributed by atoms with Crippen molar-refractivity contribution in [3.8, 4) is 0 Å². The Bertz CT molecular complexity index is 725. The van der Waals surface area contributed by atoms with Crippen LogP contribution in [0.4, 0.5) is 0 Å². The van der Waals surface area contributed by atoms with Crippen LogP contribution in [-0.2, 0) is 4.79 Å². The molecule has 0 radical (unpaired) electrons. The van der Waals surface area contributed by atoms with Gasteiger partial charge in [0.2, 0.25) is 0 Å². The first-order valence-corrected chi connectivity index (χ1v) is 8.31. The molecule has 0 bridgehead atoms. The van der Waals surface area contributed by atoms with Crippen LogP contribution >= 0.6 is 0 Å². The normalized spacial score (nSPS) is 13.9. The lowest BCUT2D eigenvalue weighted by atomic mass is 9.83. The summed E-state index contributed by atoms with van der Waals surface area (Å²) in [7, 11) is 0. The number of benzene rings is 1. The number of nitrogens with zero attached hydrogens (tertiary/aromatic N) is 1. The van der Waals surface area contributed by atoms with E-state index < -0.39 is 5.41 Å². The van der Waals surface area contributed by atoms with E-state index in [-0.39, 0.29) is 5.78 Å². The summed E-state index contributed by atoms with van der Waals surface area (Å²) in [5, 5.41) is 0. The van der Waals surface area contributed by atoms with Crippen LogP contribution in [-0.4, -0.2) is 11.5 Å². The van der Waals surface area contributed by atoms with Crippen LogP contribution in [0.2, 0.25) is 0 Å². The topological polar surface area (TPSA) is 29.4 Å². The lowest BCUT2D eigenvalue weighted by Gasteiger charge is -2.20. The Labute approximate surface area is 146 Å². The van der Waals surface area contributed by atoms with E-state index in [0.717, 1.165) is 16.8 Å². The molecule has 0 amide bonds.